The van der Waals surface area contributed by atoms with E-state index in [0.29, 0.717) is 42.5 Å². The van der Waals surface area contributed by atoms with Gasteiger partial charge in [0.15, 0.2) is 11.9 Å². The lowest BCUT2D eigenvalue weighted by Gasteiger charge is -2.35. The minimum absolute atomic E-state index is 0.0182. The highest BCUT2D eigenvalue weighted by molar-refractivity contribution is 6.01. The van der Waals surface area contributed by atoms with E-state index in [1.54, 1.807) is 37.1 Å². The standard InChI is InChI=1S/C25H29NO5/c1-16(2)19-7-5-6-8-22(19)30-17(3)24(28)26-12-11-25(15-26)14-21(27)20-13-18(29-4)9-10-23(20)31-25/h5-10,13,16-17H,11-12,14-15H2,1-4H3. The second kappa shape index (κ2) is 8.25. The maximum atomic E-state index is 13.1. The van der Waals surface area contributed by atoms with Crippen molar-refractivity contribution in [3.8, 4) is 17.2 Å². The first-order valence-electron chi connectivity index (χ1n) is 10.8. The summed E-state index contributed by atoms with van der Waals surface area (Å²) in [6, 6.07) is 13.1. The zero-order valence-corrected chi connectivity index (χ0v) is 18.5. The molecule has 0 aromatic heterocycles. The van der Waals surface area contributed by atoms with Gasteiger partial charge >= 0.3 is 0 Å². The zero-order valence-electron chi connectivity index (χ0n) is 18.5. The number of benzene rings is 2. The molecule has 1 amide bonds. The Bertz CT molecular complexity index is 1000. The highest BCUT2D eigenvalue weighted by atomic mass is 16.5. The van der Waals surface area contributed by atoms with Gasteiger partial charge in [0.2, 0.25) is 0 Å². The van der Waals surface area contributed by atoms with Crippen LogP contribution in [0.25, 0.3) is 0 Å². The number of para-hydroxylation sites is 1. The van der Waals surface area contributed by atoms with Gasteiger partial charge in [-0.1, -0.05) is 32.0 Å². The summed E-state index contributed by atoms with van der Waals surface area (Å²) in [6.45, 7) is 6.89. The number of nitrogens with zero attached hydrogens (tertiary/aromatic N) is 1. The number of likely N-dealkylation sites (tertiary alicyclic amines) is 1. The summed E-state index contributed by atoms with van der Waals surface area (Å²) >= 11 is 0. The second-order valence-electron chi connectivity index (χ2n) is 8.71. The number of ether oxygens (including phenoxy) is 3. The van der Waals surface area contributed by atoms with Crippen molar-refractivity contribution in [2.75, 3.05) is 20.2 Å². The lowest BCUT2D eigenvalue weighted by atomic mass is 9.89. The van der Waals surface area contributed by atoms with Crippen molar-refractivity contribution < 1.29 is 23.8 Å². The van der Waals surface area contributed by atoms with Crippen LogP contribution in [0.1, 0.15) is 55.5 Å². The van der Waals surface area contributed by atoms with Crippen LogP contribution in [0.4, 0.5) is 0 Å². The van der Waals surface area contributed by atoms with E-state index in [1.807, 2.05) is 24.3 Å². The molecule has 2 aliphatic rings. The molecule has 4 rings (SSSR count). The smallest absolute Gasteiger partial charge is 0.263 e. The predicted octanol–water partition coefficient (Wildman–Crippen LogP) is 4.22. The first kappa shape index (κ1) is 21.2. The maximum absolute atomic E-state index is 13.1. The van der Waals surface area contributed by atoms with E-state index >= 15 is 0 Å². The van der Waals surface area contributed by atoms with Crippen LogP contribution >= 0.6 is 0 Å². The number of amides is 1. The summed E-state index contributed by atoms with van der Waals surface area (Å²) in [5.41, 5.74) is 0.939. The molecule has 2 heterocycles. The summed E-state index contributed by atoms with van der Waals surface area (Å²) in [6.07, 6.45) is 0.249. The van der Waals surface area contributed by atoms with Crippen LogP contribution in [0, 0.1) is 0 Å². The Balaban J connectivity index is 1.46. The summed E-state index contributed by atoms with van der Waals surface area (Å²) < 4.78 is 17.5. The number of rotatable bonds is 5. The third-order valence-electron chi connectivity index (χ3n) is 6.12. The van der Waals surface area contributed by atoms with Crippen LogP contribution in [0.15, 0.2) is 42.5 Å². The van der Waals surface area contributed by atoms with E-state index in [2.05, 4.69) is 13.8 Å². The van der Waals surface area contributed by atoms with Crippen molar-refractivity contribution in [3.05, 3.63) is 53.6 Å². The van der Waals surface area contributed by atoms with E-state index in [9.17, 15) is 9.59 Å². The van der Waals surface area contributed by atoms with Gasteiger partial charge in [-0.25, -0.2) is 0 Å². The van der Waals surface area contributed by atoms with Crippen LogP contribution in [0.2, 0.25) is 0 Å². The number of Topliss-reactive ketones (excluding diaryl/α,β-unsaturated/α-hetero) is 1. The van der Waals surface area contributed by atoms with Crippen molar-refractivity contribution in [3.63, 3.8) is 0 Å². The molecule has 1 saturated heterocycles. The fraction of sp³-hybridized carbons (Fsp3) is 0.440. The van der Waals surface area contributed by atoms with Crippen LogP contribution in [-0.2, 0) is 4.79 Å². The third-order valence-corrected chi connectivity index (χ3v) is 6.12. The van der Waals surface area contributed by atoms with Gasteiger partial charge < -0.3 is 19.1 Å². The van der Waals surface area contributed by atoms with E-state index in [0.717, 1.165) is 11.3 Å². The van der Waals surface area contributed by atoms with Crippen LogP contribution in [0.5, 0.6) is 17.2 Å². The Morgan fingerprint density at radius 2 is 1.94 bits per heavy atom. The molecule has 0 saturated carbocycles. The number of fused-ring (bicyclic) bond motifs is 1. The van der Waals surface area contributed by atoms with Gasteiger partial charge in [0, 0.05) is 13.0 Å². The topological polar surface area (TPSA) is 65.1 Å². The van der Waals surface area contributed by atoms with Gasteiger partial charge in [0.05, 0.1) is 25.6 Å². The number of methoxy groups -OCH3 is 1. The molecule has 0 aliphatic carbocycles. The van der Waals surface area contributed by atoms with Crippen molar-refractivity contribution in [2.24, 2.45) is 0 Å². The van der Waals surface area contributed by atoms with Gasteiger partial charge in [0.1, 0.15) is 22.8 Å². The fourth-order valence-electron chi connectivity index (χ4n) is 4.42. The van der Waals surface area contributed by atoms with Crippen molar-refractivity contribution >= 4 is 11.7 Å². The number of hydrogen-bond donors (Lipinski definition) is 0. The molecule has 1 spiro atoms. The van der Waals surface area contributed by atoms with Gasteiger partial charge in [-0.3, -0.25) is 9.59 Å². The minimum Gasteiger partial charge on any atom is -0.497 e. The van der Waals surface area contributed by atoms with E-state index in [4.69, 9.17) is 14.2 Å². The number of carbonyl (C=O) groups is 2. The molecule has 2 unspecified atom stereocenters. The first-order chi connectivity index (χ1) is 14.8. The van der Waals surface area contributed by atoms with E-state index in [1.165, 1.54) is 0 Å². The normalized spacial score (nSPS) is 21.1. The number of hydrogen-bond acceptors (Lipinski definition) is 5. The van der Waals surface area contributed by atoms with Gasteiger partial charge in [-0.2, -0.15) is 0 Å². The van der Waals surface area contributed by atoms with Crippen LogP contribution < -0.4 is 14.2 Å². The summed E-state index contributed by atoms with van der Waals surface area (Å²) in [7, 11) is 1.57. The molecule has 31 heavy (non-hydrogen) atoms. The maximum Gasteiger partial charge on any atom is 0.263 e. The summed E-state index contributed by atoms with van der Waals surface area (Å²) in [5, 5.41) is 0. The lowest BCUT2D eigenvalue weighted by Crippen LogP contribution is -2.47. The third kappa shape index (κ3) is 4.11. The van der Waals surface area contributed by atoms with Crippen LogP contribution in [0.3, 0.4) is 0 Å². The Morgan fingerprint density at radius 1 is 1.16 bits per heavy atom. The molecular formula is C25H29NO5. The predicted molar refractivity (Wildman–Crippen MR) is 117 cm³/mol. The molecule has 0 bridgehead atoms. The van der Waals surface area contributed by atoms with Crippen molar-refractivity contribution in [1.82, 2.24) is 4.90 Å². The largest absolute Gasteiger partial charge is 0.497 e. The molecule has 1 fully saturated rings. The molecular weight excluding hydrogens is 394 g/mol. The van der Waals surface area contributed by atoms with Gasteiger partial charge in [-0.15, -0.1) is 0 Å². The fourth-order valence-corrected chi connectivity index (χ4v) is 4.42. The SMILES string of the molecule is COc1ccc2c(c1)C(=O)CC1(CCN(C(=O)C(C)Oc3ccccc3C(C)C)C1)O2. The summed E-state index contributed by atoms with van der Waals surface area (Å²) in [4.78, 5) is 27.7. The number of carbonyl (C=O) groups excluding carboxylic acids is 2. The van der Waals surface area contributed by atoms with E-state index < -0.39 is 11.7 Å². The molecule has 2 aliphatic heterocycles. The van der Waals surface area contributed by atoms with Gasteiger partial charge in [0.25, 0.3) is 5.91 Å². The molecule has 0 radical (unpaired) electrons. The van der Waals surface area contributed by atoms with Crippen LogP contribution in [-0.4, -0.2) is 48.5 Å². The first-order valence-corrected chi connectivity index (χ1v) is 10.8. The molecule has 6 heteroatoms. The highest BCUT2D eigenvalue weighted by Crippen LogP contribution is 2.40. The molecule has 0 N–H and O–H groups in total. The average molecular weight is 424 g/mol. The van der Waals surface area contributed by atoms with E-state index in [-0.39, 0.29) is 18.1 Å². The minimum atomic E-state index is -0.677. The molecule has 164 valence electrons. The quantitative estimate of drug-likeness (QED) is 0.720. The van der Waals surface area contributed by atoms with Crippen molar-refractivity contribution in [1.29, 1.82) is 0 Å². The molecule has 2 aromatic carbocycles. The molecule has 2 atom stereocenters. The second-order valence-corrected chi connectivity index (χ2v) is 8.71. The summed E-state index contributed by atoms with van der Waals surface area (Å²) in [5.74, 6) is 2.15. The molecule has 6 nitrogen and oxygen atoms in total. The Labute approximate surface area is 183 Å². The van der Waals surface area contributed by atoms with Gasteiger partial charge in [-0.05, 0) is 42.7 Å². The monoisotopic (exact) mass is 423 g/mol. The van der Waals surface area contributed by atoms with Crippen molar-refractivity contribution in [2.45, 2.75) is 51.2 Å². The highest BCUT2D eigenvalue weighted by Gasteiger charge is 2.47. The zero-order chi connectivity index (χ0) is 22.2. The lowest BCUT2D eigenvalue weighted by molar-refractivity contribution is -0.137. The Kier molecular flexibility index (Phi) is 5.65. The average Bonchev–Trinajstić information content (AvgIpc) is 3.16. The molecule has 2 aromatic rings. The number of ketones is 1. The Hall–Kier alpha value is -3.02. The Morgan fingerprint density at radius 3 is 2.68 bits per heavy atom.